The molecule has 0 amide bonds. The van der Waals surface area contributed by atoms with Crippen LogP contribution in [0.3, 0.4) is 0 Å². The van der Waals surface area contributed by atoms with Crippen molar-refractivity contribution in [3.63, 3.8) is 0 Å². The zero-order chi connectivity index (χ0) is 13.8. The molecule has 0 radical (unpaired) electrons. The number of nitrogens with zero attached hydrogens (tertiary/aromatic N) is 3. The van der Waals surface area contributed by atoms with Gasteiger partial charge >= 0.3 is 0 Å². The predicted molar refractivity (Wildman–Crippen MR) is 70.1 cm³/mol. The molecule has 0 saturated heterocycles. The average molecular weight is 254 g/mol. The molecule has 0 aliphatic carbocycles. The van der Waals surface area contributed by atoms with Crippen molar-refractivity contribution in [3.05, 3.63) is 57.9 Å². The van der Waals surface area contributed by atoms with Crippen LogP contribution in [0.25, 0.3) is 0 Å². The van der Waals surface area contributed by atoms with E-state index in [1.54, 1.807) is 12.3 Å². The van der Waals surface area contributed by atoms with Crippen molar-refractivity contribution in [3.8, 4) is 6.07 Å². The van der Waals surface area contributed by atoms with Gasteiger partial charge in [0.05, 0.1) is 16.8 Å². The normalized spacial score (nSPS) is 9.68. The number of anilines is 2. The van der Waals surface area contributed by atoms with Gasteiger partial charge in [-0.25, -0.2) is 0 Å². The van der Waals surface area contributed by atoms with Gasteiger partial charge in [-0.3, -0.25) is 15.1 Å². The van der Waals surface area contributed by atoms with Gasteiger partial charge in [-0.15, -0.1) is 0 Å². The molecular weight excluding hydrogens is 244 g/mol. The fraction of sp³-hybridized carbons (Fsp3) is 0.0769. The number of hydrogen-bond acceptors (Lipinski definition) is 5. The van der Waals surface area contributed by atoms with Crippen molar-refractivity contribution in [2.45, 2.75) is 6.92 Å². The fourth-order valence-corrected chi connectivity index (χ4v) is 1.57. The van der Waals surface area contributed by atoms with Crippen LogP contribution in [0.2, 0.25) is 0 Å². The van der Waals surface area contributed by atoms with Crippen LogP contribution in [-0.4, -0.2) is 9.91 Å². The Labute approximate surface area is 109 Å². The van der Waals surface area contributed by atoms with E-state index < -0.39 is 4.92 Å². The molecule has 6 nitrogen and oxygen atoms in total. The Balaban J connectivity index is 2.29. The molecule has 6 heteroatoms. The Morgan fingerprint density at radius 3 is 2.63 bits per heavy atom. The number of nitriles is 1. The first-order valence-corrected chi connectivity index (χ1v) is 5.48. The maximum atomic E-state index is 10.7. The monoisotopic (exact) mass is 254 g/mol. The van der Waals surface area contributed by atoms with Crippen LogP contribution in [0.5, 0.6) is 0 Å². The molecule has 0 aliphatic rings. The lowest BCUT2D eigenvalue weighted by atomic mass is 10.1. The first-order valence-electron chi connectivity index (χ1n) is 5.48. The summed E-state index contributed by atoms with van der Waals surface area (Å²) in [6.45, 7) is 1.88. The first kappa shape index (κ1) is 12.5. The van der Waals surface area contributed by atoms with E-state index in [1.165, 1.54) is 12.1 Å². The van der Waals surface area contributed by atoms with Gasteiger partial charge in [0.25, 0.3) is 5.69 Å². The standard InChI is InChI=1S/C13H10N4O2/c1-9-2-3-12(8-15-9)16-11-4-5-13(17(18)19)10(6-11)7-14/h2-6,8,16H,1H3. The summed E-state index contributed by atoms with van der Waals surface area (Å²) in [7, 11) is 0. The average Bonchev–Trinajstić information content (AvgIpc) is 2.41. The second kappa shape index (κ2) is 5.14. The zero-order valence-corrected chi connectivity index (χ0v) is 10.1. The van der Waals surface area contributed by atoms with Crippen molar-refractivity contribution < 1.29 is 4.92 Å². The molecule has 1 heterocycles. The Kier molecular flexibility index (Phi) is 3.39. The van der Waals surface area contributed by atoms with Crippen LogP contribution < -0.4 is 5.32 Å². The van der Waals surface area contributed by atoms with Crippen molar-refractivity contribution in [1.82, 2.24) is 4.98 Å². The number of nitro benzene ring substituents is 1. The number of benzene rings is 1. The Morgan fingerprint density at radius 1 is 1.32 bits per heavy atom. The fourth-order valence-electron chi connectivity index (χ4n) is 1.57. The van der Waals surface area contributed by atoms with Crippen LogP contribution in [0.4, 0.5) is 17.1 Å². The maximum absolute atomic E-state index is 10.7. The topological polar surface area (TPSA) is 91.9 Å². The van der Waals surface area contributed by atoms with Crippen LogP contribution in [0, 0.1) is 28.4 Å². The van der Waals surface area contributed by atoms with Crippen molar-refractivity contribution in [1.29, 1.82) is 5.26 Å². The van der Waals surface area contributed by atoms with Gasteiger partial charge in [0.2, 0.25) is 0 Å². The lowest BCUT2D eigenvalue weighted by molar-refractivity contribution is -0.385. The van der Waals surface area contributed by atoms with Gasteiger partial charge in [-0.2, -0.15) is 5.26 Å². The molecule has 0 fully saturated rings. The minimum Gasteiger partial charge on any atom is -0.354 e. The van der Waals surface area contributed by atoms with E-state index in [0.29, 0.717) is 5.69 Å². The second-order valence-electron chi connectivity index (χ2n) is 3.91. The van der Waals surface area contributed by atoms with E-state index >= 15 is 0 Å². The minimum atomic E-state index is -0.574. The van der Waals surface area contributed by atoms with E-state index in [-0.39, 0.29) is 11.3 Å². The Morgan fingerprint density at radius 2 is 2.05 bits per heavy atom. The number of pyridine rings is 1. The molecule has 0 spiro atoms. The minimum absolute atomic E-state index is 0.0232. The highest BCUT2D eigenvalue weighted by molar-refractivity contribution is 5.64. The molecule has 94 valence electrons. The van der Waals surface area contributed by atoms with Crippen LogP contribution >= 0.6 is 0 Å². The van der Waals surface area contributed by atoms with Gasteiger partial charge in [-0.1, -0.05) is 0 Å². The Bertz CT molecular complexity index is 659. The molecule has 1 aromatic carbocycles. The predicted octanol–water partition coefficient (Wildman–Crippen LogP) is 2.91. The number of nitrogens with one attached hydrogen (secondary N) is 1. The quantitative estimate of drug-likeness (QED) is 0.671. The highest BCUT2D eigenvalue weighted by atomic mass is 16.6. The van der Waals surface area contributed by atoms with Crippen LogP contribution in [-0.2, 0) is 0 Å². The lowest BCUT2D eigenvalue weighted by Crippen LogP contribution is -1.96. The van der Waals surface area contributed by atoms with E-state index in [0.717, 1.165) is 11.4 Å². The van der Waals surface area contributed by atoms with E-state index in [4.69, 9.17) is 5.26 Å². The summed E-state index contributed by atoms with van der Waals surface area (Å²) >= 11 is 0. The second-order valence-corrected chi connectivity index (χ2v) is 3.91. The number of rotatable bonds is 3. The molecule has 0 saturated carbocycles. The third-order valence-electron chi connectivity index (χ3n) is 2.51. The molecule has 2 rings (SSSR count). The molecule has 1 N–H and O–H groups in total. The molecule has 1 aromatic heterocycles. The maximum Gasteiger partial charge on any atom is 0.287 e. The number of aryl methyl sites for hydroxylation is 1. The molecule has 2 aromatic rings. The molecular formula is C13H10N4O2. The lowest BCUT2D eigenvalue weighted by Gasteiger charge is -2.06. The molecule has 19 heavy (non-hydrogen) atoms. The number of aromatic nitrogens is 1. The summed E-state index contributed by atoms with van der Waals surface area (Å²) in [5.41, 5.74) is 2.08. The third-order valence-corrected chi connectivity index (χ3v) is 2.51. The van der Waals surface area contributed by atoms with Gasteiger partial charge in [0, 0.05) is 17.4 Å². The molecule has 0 aliphatic heterocycles. The smallest absolute Gasteiger partial charge is 0.287 e. The number of hydrogen-bond donors (Lipinski definition) is 1. The van der Waals surface area contributed by atoms with Crippen LogP contribution in [0.15, 0.2) is 36.5 Å². The summed E-state index contributed by atoms with van der Waals surface area (Å²) in [6.07, 6.45) is 1.66. The summed E-state index contributed by atoms with van der Waals surface area (Å²) in [4.78, 5) is 14.3. The van der Waals surface area contributed by atoms with Crippen molar-refractivity contribution in [2.75, 3.05) is 5.32 Å². The third kappa shape index (κ3) is 2.84. The SMILES string of the molecule is Cc1ccc(Nc2ccc([N+](=O)[O-])c(C#N)c2)cn1. The van der Waals surface area contributed by atoms with Crippen LogP contribution in [0.1, 0.15) is 11.3 Å². The highest BCUT2D eigenvalue weighted by Crippen LogP contribution is 2.24. The van der Waals surface area contributed by atoms with Gasteiger partial charge in [-0.05, 0) is 31.2 Å². The molecule has 0 unspecified atom stereocenters. The van der Waals surface area contributed by atoms with Crippen molar-refractivity contribution >= 4 is 17.1 Å². The van der Waals surface area contributed by atoms with E-state index in [9.17, 15) is 10.1 Å². The summed E-state index contributed by atoms with van der Waals surface area (Å²) < 4.78 is 0. The molecule has 0 atom stereocenters. The van der Waals surface area contributed by atoms with Gasteiger partial charge in [0.1, 0.15) is 11.6 Å². The highest BCUT2D eigenvalue weighted by Gasteiger charge is 2.13. The summed E-state index contributed by atoms with van der Waals surface area (Å²) in [5, 5.41) is 22.6. The van der Waals surface area contributed by atoms with E-state index in [1.807, 2.05) is 25.1 Å². The first-order chi connectivity index (χ1) is 9.10. The van der Waals surface area contributed by atoms with Gasteiger partial charge < -0.3 is 5.32 Å². The zero-order valence-electron chi connectivity index (χ0n) is 10.1. The summed E-state index contributed by atoms with van der Waals surface area (Å²) in [5.74, 6) is 0. The molecule has 0 bridgehead atoms. The van der Waals surface area contributed by atoms with Crippen molar-refractivity contribution in [2.24, 2.45) is 0 Å². The van der Waals surface area contributed by atoms with Gasteiger partial charge in [0.15, 0.2) is 0 Å². The Hall–Kier alpha value is -2.94. The van der Waals surface area contributed by atoms with E-state index in [2.05, 4.69) is 10.3 Å². The number of nitro groups is 1. The summed E-state index contributed by atoms with van der Waals surface area (Å²) in [6, 6.07) is 9.81. The largest absolute Gasteiger partial charge is 0.354 e.